The lowest BCUT2D eigenvalue weighted by molar-refractivity contribution is -0.387. The SMILES string of the molecule is CC(C)(CCCl)NC(=O)c1c(F)ccc([N+](=O)[O-])c1F. The quantitative estimate of drug-likeness (QED) is 0.516. The molecule has 1 aromatic carbocycles. The second-order valence-electron chi connectivity index (χ2n) is 4.79. The molecule has 0 unspecified atom stereocenters. The van der Waals surface area contributed by atoms with E-state index in [1.807, 2.05) is 0 Å². The van der Waals surface area contributed by atoms with Crippen molar-refractivity contribution in [2.45, 2.75) is 25.8 Å². The van der Waals surface area contributed by atoms with E-state index in [0.717, 1.165) is 0 Å². The number of nitro benzene ring substituents is 1. The molecule has 1 aromatic rings. The van der Waals surface area contributed by atoms with Gasteiger partial charge in [-0.05, 0) is 26.3 Å². The van der Waals surface area contributed by atoms with Crippen LogP contribution in [0.2, 0.25) is 0 Å². The highest BCUT2D eigenvalue weighted by molar-refractivity contribution is 6.17. The summed E-state index contributed by atoms with van der Waals surface area (Å²) in [6.45, 7) is 3.25. The molecule has 110 valence electrons. The van der Waals surface area contributed by atoms with E-state index in [-0.39, 0.29) is 5.88 Å². The molecule has 0 atom stereocenters. The number of carbonyl (C=O) groups excluding carboxylic acids is 1. The van der Waals surface area contributed by atoms with Crippen molar-refractivity contribution in [1.82, 2.24) is 5.32 Å². The topological polar surface area (TPSA) is 72.2 Å². The van der Waals surface area contributed by atoms with E-state index >= 15 is 0 Å². The molecule has 0 aliphatic carbocycles. The highest BCUT2D eigenvalue weighted by atomic mass is 35.5. The van der Waals surface area contributed by atoms with Crippen LogP contribution in [0.1, 0.15) is 30.6 Å². The number of rotatable bonds is 5. The molecule has 0 heterocycles. The predicted molar refractivity (Wildman–Crippen MR) is 69.9 cm³/mol. The van der Waals surface area contributed by atoms with Crippen molar-refractivity contribution in [3.8, 4) is 0 Å². The van der Waals surface area contributed by atoms with Crippen LogP contribution in [0.3, 0.4) is 0 Å². The van der Waals surface area contributed by atoms with Crippen molar-refractivity contribution >= 4 is 23.2 Å². The third kappa shape index (κ3) is 3.63. The van der Waals surface area contributed by atoms with Gasteiger partial charge in [0.15, 0.2) is 0 Å². The number of hydrogen-bond acceptors (Lipinski definition) is 3. The van der Waals surface area contributed by atoms with E-state index in [2.05, 4.69) is 5.32 Å². The van der Waals surface area contributed by atoms with Gasteiger partial charge in [-0.25, -0.2) is 4.39 Å². The Hall–Kier alpha value is -1.76. The Labute approximate surface area is 119 Å². The number of alkyl halides is 1. The maximum absolute atomic E-state index is 13.8. The second kappa shape index (κ2) is 6.13. The zero-order valence-corrected chi connectivity index (χ0v) is 11.6. The third-order valence-electron chi connectivity index (χ3n) is 2.67. The fourth-order valence-electron chi connectivity index (χ4n) is 1.56. The minimum Gasteiger partial charge on any atom is -0.347 e. The summed E-state index contributed by atoms with van der Waals surface area (Å²) in [5, 5.41) is 13.0. The fraction of sp³-hybridized carbons (Fsp3) is 0.417. The molecule has 1 N–H and O–H groups in total. The highest BCUT2D eigenvalue weighted by Gasteiger charge is 2.29. The Bertz CT molecular complexity index is 550. The van der Waals surface area contributed by atoms with E-state index in [1.54, 1.807) is 13.8 Å². The summed E-state index contributed by atoms with van der Waals surface area (Å²) in [4.78, 5) is 21.5. The number of hydrogen-bond donors (Lipinski definition) is 1. The van der Waals surface area contributed by atoms with Crippen LogP contribution in [0.25, 0.3) is 0 Å². The minimum atomic E-state index is -1.49. The number of carbonyl (C=O) groups is 1. The molecular weight excluding hydrogens is 294 g/mol. The second-order valence-corrected chi connectivity index (χ2v) is 5.17. The van der Waals surface area contributed by atoms with Gasteiger partial charge in [-0.2, -0.15) is 4.39 Å². The Morgan fingerprint density at radius 1 is 1.45 bits per heavy atom. The van der Waals surface area contributed by atoms with Crippen LogP contribution < -0.4 is 5.32 Å². The predicted octanol–water partition coefficient (Wildman–Crippen LogP) is 3.01. The Morgan fingerprint density at radius 2 is 2.05 bits per heavy atom. The molecule has 20 heavy (non-hydrogen) atoms. The highest BCUT2D eigenvalue weighted by Crippen LogP contribution is 2.23. The number of nitrogens with one attached hydrogen (secondary N) is 1. The molecule has 0 saturated carbocycles. The lowest BCUT2D eigenvalue weighted by Crippen LogP contribution is -2.44. The maximum Gasteiger partial charge on any atom is 0.305 e. The van der Waals surface area contributed by atoms with Gasteiger partial charge in [-0.15, -0.1) is 11.6 Å². The van der Waals surface area contributed by atoms with Crippen molar-refractivity contribution in [3.63, 3.8) is 0 Å². The molecule has 1 amide bonds. The molecule has 0 bridgehead atoms. The number of nitro groups is 1. The number of nitrogens with zero attached hydrogens (tertiary/aromatic N) is 1. The lowest BCUT2D eigenvalue weighted by atomic mass is 10.0. The summed E-state index contributed by atoms with van der Waals surface area (Å²) in [6.07, 6.45) is 0.373. The van der Waals surface area contributed by atoms with Gasteiger partial charge in [-0.3, -0.25) is 14.9 Å². The molecule has 0 aromatic heterocycles. The first-order valence-corrected chi connectivity index (χ1v) is 6.24. The molecular formula is C12H13ClF2N2O3. The van der Waals surface area contributed by atoms with Gasteiger partial charge in [-0.1, -0.05) is 0 Å². The van der Waals surface area contributed by atoms with Gasteiger partial charge in [0.1, 0.15) is 11.4 Å². The smallest absolute Gasteiger partial charge is 0.305 e. The summed E-state index contributed by atoms with van der Waals surface area (Å²) >= 11 is 5.56. The number of amides is 1. The molecule has 0 saturated heterocycles. The first-order chi connectivity index (χ1) is 9.19. The Morgan fingerprint density at radius 3 is 2.55 bits per heavy atom. The standard InChI is InChI=1S/C12H13ClF2N2O3/c1-12(2,5-6-13)16-11(18)9-7(14)3-4-8(10(9)15)17(19)20/h3-4H,5-6H2,1-2H3,(H,16,18). The first-order valence-electron chi connectivity index (χ1n) is 5.70. The van der Waals surface area contributed by atoms with Crippen LogP contribution in [0.15, 0.2) is 12.1 Å². The van der Waals surface area contributed by atoms with Crippen LogP contribution in [0, 0.1) is 21.7 Å². The van der Waals surface area contributed by atoms with Crippen molar-refractivity contribution in [2.24, 2.45) is 0 Å². The summed E-state index contributed by atoms with van der Waals surface area (Å²) in [5.74, 6) is -3.46. The van der Waals surface area contributed by atoms with E-state index < -0.39 is 39.3 Å². The number of benzene rings is 1. The molecule has 0 aliphatic rings. The summed E-state index contributed by atoms with van der Waals surface area (Å²) in [6, 6.07) is 1.36. The van der Waals surface area contributed by atoms with E-state index in [9.17, 15) is 23.7 Å². The van der Waals surface area contributed by atoms with Crippen molar-refractivity contribution in [3.05, 3.63) is 39.4 Å². The average molecular weight is 307 g/mol. The molecule has 5 nitrogen and oxygen atoms in total. The van der Waals surface area contributed by atoms with Crippen molar-refractivity contribution < 1.29 is 18.5 Å². The normalized spacial score (nSPS) is 11.2. The maximum atomic E-state index is 13.8. The molecule has 0 spiro atoms. The van der Waals surface area contributed by atoms with Gasteiger partial charge in [0.2, 0.25) is 5.82 Å². The largest absolute Gasteiger partial charge is 0.347 e. The van der Waals surface area contributed by atoms with E-state index in [4.69, 9.17) is 11.6 Å². The summed E-state index contributed by atoms with van der Waals surface area (Å²) in [7, 11) is 0. The first kappa shape index (κ1) is 16.3. The van der Waals surface area contributed by atoms with Crippen LogP contribution in [0.5, 0.6) is 0 Å². The van der Waals surface area contributed by atoms with E-state index in [0.29, 0.717) is 18.6 Å². The molecule has 1 rings (SSSR count). The van der Waals surface area contributed by atoms with Gasteiger partial charge in [0.25, 0.3) is 5.91 Å². The monoisotopic (exact) mass is 306 g/mol. The zero-order chi connectivity index (χ0) is 15.5. The number of halogens is 3. The van der Waals surface area contributed by atoms with E-state index in [1.165, 1.54) is 0 Å². The van der Waals surface area contributed by atoms with Crippen LogP contribution in [-0.2, 0) is 0 Å². The van der Waals surface area contributed by atoms with Crippen molar-refractivity contribution in [1.29, 1.82) is 0 Å². The zero-order valence-electron chi connectivity index (χ0n) is 10.9. The molecule has 0 aliphatic heterocycles. The fourth-order valence-corrected chi connectivity index (χ4v) is 2.03. The summed E-state index contributed by atoms with van der Waals surface area (Å²) < 4.78 is 27.4. The molecule has 8 heteroatoms. The Kier molecular flexibility index (Phi) is 4.99. The van der Waals surface area contributed by atoms with Gasteiger partial charge < -0.3 is 5.32 Å². The lowest BCUT2D eigenvalue weighted by Gasteiger charge is -2.25. The average Bonchev–Trinajstić information content (AvgIpc) is 2.27. The van der Waals surface area contributed by atoms with Crippen LogP contribution in [0.4, 0.5) is 14.5 Å². The van der Waals surface area contributed by atoms with Gasteiger partial charge in [0, 0.05) is 17.5 Å². The molecule has 0 fully saturated rings. The van der Waals surface area contributed by atoms with Crippen LogP contribution in [-0.4, -0.2) is 22.2 Å². The molecule has 0 radical (unpaired) electrons. The van der Waals surface area contributed by atoms with Crippen LogP contribution >= 0.6 is 11.6 Å². The minimum absolute atomic E-state index is 0.243. The third-order valence-corrected chi connectivity index (χ3v) is 2.85. The Balaban J connectivity index is 3.16. The van der Waals surface area contributed by atoms with Gasteiger partial charge in [0.05, 0.1) is 4.92 Å². The summed E-state index contributed by atoms with van der Waals surface area (Å²) in [5.41, 5.74) is -2.71. The van der Waals surface area contributed by atoms with Crippen molar-refractivity contribution in [2.75, 3.05) is 5.88 Å². The van der Waals surface area contributed by atoms with Gasteiger partial charge >= 0.3 is 5.69 Å².